The van der Waals surface area contributed by atoms with E-state index in [0.29, 0.717) is 0 Å². The Hall–Kier alpha value is 0.270. The van der Waals surface area contributed by atoms with E-state index in [1.165, 1.54) is 44.9 Å². The molecule has 2 bridgehead atoms. The van der Waals surface area contributed by atoms with E-state index < -0.39 is 0 Å². The van der Waals surface area contributed by atoms with Gasteiger partial charge in [-0.05, 0) is 51.3 Å². The molecule has 18 heavy (non-hydrogen) atoms. The van der Waals surface area contributed by atoms with E-state index >= 15 is 0 Å². The number of nitrogens with zero attached hydrogens (tertiary/aromatic N) is 1. The molecule has 0 spiro atoms. The van der Waals surface area contributed by atoms with Crippen LogP contribution in [0.25, 0.3) is 0 Å². The first-order chi connectivity index (χ1) is 8.83. The van der Waals surface area contributed by atoms with Crippen LogP contribution in [-0.2, 0) is 0 Å². The lowest BCUT2D eigenvalue weighted by Gasteiger charge is -2.44. The molecule has 1 aliphatic carbocycles. The Bertz CT molecular complexity index is 270. The second-order valence-electron chi connectivity index (χ2n) is 6.33. The van der Waals surface area contributed by atoms with Gasteiger partial charge in [0.05, 0.1) is 0 Å². The van der Waals surface area contributed by atoms with Gasteiger partial charge in [-0.1, -0.05) is 13.3 Å². The van der Waals surface area contributed by atoms with Gasteiger partial charge in [-0.25, -0.2) is 0 Å². The first-order valence-electron chi connectivity index (χ1n) is 7.87. The zero-order chi connectivity index (χ0) is 12.5. The number of thioether (sulfide) groups is 1. The highest BCUT2D eigenvalue weighted by Crippen LogP contribution is 2.43. The fourth-order valence-electron chi connectivity index (χ4n) is 4.73. The van der Waals surface area contributed by atoms with E-state index in [9.17, 15) is 0 Å². The maximum atomic E-state index is 3.69. The maximum Gasteiger partial charge on any atom is 0.0220 e. The molecule has 2 saturated heterocycles. The summed E-state index contributed by atoms with van der Waals surface area (Å²) in [6, 6.07) is 3.49. The molecule has 2 nitrogen and oxygen atoms in total. The van der Waals surface area contributed by atoms with Crippen LogP contribution in [0, 0.1) is 0 Å². The molecule has 2 heterocycles. The summed E-state index contributed by atoms with van der Waals surface area (Å²) in [5.41, 5.74) is 0. The molecule has 3 heteroatoms. The SMILES string of the molecule is CCNC1CC2CCC(C1)N2C1CCCC1SC. The van der Waals surface area contributed by atoms with Crippen molar-refractivity contribution >= 4 is 11.8 Å². The summed E-state index contributed by atoms with van der Waals surface area (Å²) in [7, 11) is 0. The summed E-state index contributed by atoms with van der Waals surface area (Å²) >= 11 is 2.12. The van der Waals surface area contributed by atoms with E-state index in [0.717, 1.165) is 36.0 Å². The van der Waals surface area contributed by atoms with Crippen LogP contribution in [0.4, 0.5) is 0 Å². The fourth-order valence-corrected chi connectivity index (χ4v) is 5.73. The lowest BCUT2D eigenvalue weighted by atomic mass is 9.95. The fraction of sp³-hybridized carbons (Fsp3) is 1.00. The molecule has 0 aromatic rings. The predicted molar refractivity (Wildman–Crippen MR) is 80.3 cm³/mol. The molecule has 0 radical (unpaired) electrons. The molecule has 3 aliphatic rings. The van der Waals surface area contributed by atoms with Crippen molar-refractivity contribution in [2.24, 2.45) is 0 Å². The second kappa shape index (κ2) is 5.72. The summed E-state index contributed by atoms with van der Waals surface area (Å²) in [6.07, 6.45) is 12.4. The minimum atomic E-state index is 0.804. The number of rotatable bonds is 4. The number of hydrogen-bond acceptors (Lipinski definition) is 3. The van der Waals surface area contributed by atoms with Crippen molar-refractivity contribution in [1.82, 2.24) is 10.2 Å². The third-order valence-electron chi connectivity index (χ3n) is 5.39. The molecule has 4 unspecified atom stereocenters. The Morgan fingerprint density at radius 1 is 1.11 bits per heavy atom. The lowest BCUT2D eigenvalue weighted by molar-refractivity contribution is 0.0748. The van der Waals surface area contributed by atoms with Gasteiger partial charge in [0.2, 0.25) is 0 Å². The molecule has 4 atom stereocenters. The normalized spacial score (nSPS) is 44.7. The van der Waals surface area contributed by atoms with Gasteiger partial charge < -0.3 is 5.32 Å². The average Bonchev–Trinajstić information content (AvgIpc) is 2.92. The number of piperidine rings is 1. The van der Waals surface area contributed by atoms with Crippen molar-refractivity contribution in [2.75, 3.05) is 12.8 Å². The molecular formula is C15H28N2S. The predicted octanol–water partition coefficient (Wildman–Crippen LogP) is 2.88. The molecule has 0 aromatic heterocycles. The summed E-state index contributed by atoms with van der Waals surface area (Å²) in [5.74, 6) is 0. The van der Waals surface area contributed by atoms with E-state index in [2.05, 4.69) is 35.2 Å². The minimum absolute atomic E-state index is 0.804. The van der Waals surface area contributed by atoms with Crippen molar-refractivity contribution < 1.29 is 0 Å². The first-order valence-corrected chi connectivity index (χ1v) is 9.16. The van der Waals surface area contributed by atoms with E-state index in [-0.39, 0.29) is 0 Å². The maximum absolute atomic E-state index is 3.69. The second-order valence-corrected chi connectivity index (χ2v) is 7.41. The third-order valence-corrected chi connectivity index (χ3v) is 6.54. The average molecular weight is 268 g/mol. The molecule has 3 rings (SSSR count). The molecule has 104 valence electrons. The summed E-state index contributed by atoms with van der Waals surface area (Å²) in [4.78, 5) is 2.96. The van der Waals surface area contributed by atoms with Gasteiger partial charge in [0, 0.05) is 29.4 Å². The zero-order valence-electron chi connectivity index (χ0n) is 11.9. The molecule has 0 amide bonds. The van der Waals surface area contributed by atoms with Gasteiger partial charge >= 0.3 is 0 Å². The Kier molecular flexibility index (Phi) is 4.21. The van der Waals surface area contributed by atoms with Crippen LogP contribution in [0.1, 0.15) is 51.9 Å². The highest BCUT2D eigenvalue weighted by atomic mass is 32.2. The van der Waals surface area contributed by atoms with Crippen molar-refractivity contribution in [1.29, 1.82) is 0 Å². The Morgan fingerprint density at radius 3 is 2.44 bits per heavy atom. The number of fused-ring (bicyclic) bond motifs is 2. The number of hydrogen-bond donors (Lipinski definition) is 1. The van der Waals surface area contributed by atoms with Gasteiger partial charge in [0.15, 0.2) is 0 Å². The van der Waals surface area contributed by atoms with E-state index in [4.69, 9.17) is 0 Å². The lowest BCUT2D eigenvalue weighted by Crippen LogP contribution is -2.54. The summed E-state index contributed by atoms with van der Waals surface area (Å²) in [5, 5.41) is 4.61. The highest BCUT2D eigenvalue weighted by Gasteiger charge is 2.46. The van der Waals surface area contributed by atoms with Crippen molar-refractivity contribution in [3.8, 4) is 0 Å². The van der Waals surface area contributed by atoms with Gasteiger partial charge in [-0.3, -0.25) is 4.90 Å². The van der Waals surface area contributed by atoms with E-state index in [1.807, 2.05) is 0 Å². The molecular weight excluding hydrogens is 240 g/mol. The van der Waals surface area contributed by atoms with E-state index in [1.54, 1.807) is 0 Å². The summed E-state index contributed by atoms with van der Waals surface area (Å²) < 4.78 is 0. The van der Waals surface area contributed by atoms with Crippen molar-refractivity contribution in [2.45, 2.75) is 81.3 Å². The van der Waals surface area contributed by atoms with Crippen molar-refractivity contribution in [3.63, 3.8) is 0 Å². The van der Waals surface area contributed by atoms with Crippen molar-refractivity contribution in [3.05, 3.63) is 0 Å². The van der Waals surface area contributed by atoms with Gasteiger partial charge in [-0.2, -0.15) is 11.8 Å². The van der Waals surface area contributed by atoms with Gasteiger partial charge in [0.25, 0.3) is 0 Å². The van der Waals surface area contributed by atoms with Crippen LogP contribution >= 0.6 is 11.8 Å². The van der Waals surface area contributed by atoms with Crippen LogP contribution in [-0.4, -0.2) is 47.1 Å². The zero-order valence-corrected chi connectivity index (χ0v) is 12.7. The van der Waals surface area contributed by atoms with Crippen LogP contribution < -0.4 is 5.32 Å². The highest BCUT2D eigenvalue weighted by molar-refractivity contribution is 7.99. The Balaban J connectivity index is 1.68. The van der Waals surface area contributed by atoms with Crippen LogP contribution in [0.5, 0.6) is 0 Å². The molecule has 0 aromatic carbocycles. The van der Waals surface area contributed by atoms with Crippen LogP contribution in [0.2, 0.25) is 0 Å². The first kappa shape index (κ1) is 13.3. The van der Waals surface area contributed by atoms with Gasteiger partial charge in [0.1, 0.15) is 0 Å². The molecule has 1 N–H and O–H groups in total. The standard InChI is InChI=1S/C15H28N2S/c1-3-16-11-9-12-7-8-13(10-11)17(12)14-5-4-6-15(14)18-2/h11-16H,3-10H2,1-2H3. The molecule has 1 saturated carbocycles. The number of nitrogens with one attached hydrogen (secondary N) is 1. The monoisotopic (exact) mass is 268 g/mol. The van der Waals surface area contributed by atoms with Gasteiger partial charge in [-0.15, -0.1) is 0 Å². The Labute approximate surface area is 116 Å². The third kappa shape index (κ3) is 2.34. The largest absolute Gasteiger partial charge is 0.314 e. The quantitative estimate of drug-likeness (QED) is 0.844. The van der Waals surface area contributed by atoms with Crippen LogP contribution in [0.3, 0.4) is 0 Å². The smallest absolute Gasteiger partial charge is 0.0220 e. The molecule has 2 aliphatic heterocycles. The summed E-state index contributed by atoms with van der Waals surface area (Å²) in [6.45, 7) is 3.38. The minimum Gasteiger partial charge on any atom is -0.314 e. The molecule has 3 fully saturated rings. The topological polar surface area (TPSA) is 15.3 Å². The Morgan fingerprint density at radius 2 is 1.83 bits per heavy atom. The van der Waals surface area contributed by atoms with Crippen LogP contribution in [0.15, 0.2) is 0 Å².